The van der Waals surface area contributed by atoms with Crippen LogP contribution in [0, 0.1) is 12.7 Å². The van der Waals surface area contributed by atoms with Crippen LogP contribution in [0.5, 0.6) is 0 Å². The topological polar surface area (TPSA) is 108 Å². The van der Waals surface area contributed by atoms with Crippen LogP contribution in [-0.2, 0) is 7.05 Å². The third-order valence-electron chi connectivity index (χ3n) is 5.61. The van der Waals surface area contributed by atoms with E-state index in [0.29, 0.717) is 11.1 Å². The van der Waals surface area contributed by atoms with E-state index in [9.17, 15) is 22.8 Å². The third kappa shape index (κ3) is 3.75. The van der Waals surface area contributed by atoms with Crippen LogP contribution in [0.2, 0.25) is 0 Å². The van der Waals surface area contributed by atoms with Crippen molar-refractivity contribution in [2.75, 3.05) is 5.32 Å². The second-order valence-corrected chi connectivity index (χ2v) is 7.86. The highest BCUT2D eigenvalue weighted by Gasteiger charge is 2.37. The predicted octanol–water partition coefficient (Wildman–Crippen LogP) is 3.17. The lowest BCUT2D eigenvalue weighted by Gasteiger charge is -2.28. The zero-order valence-electron chi connectivity index (χ0n) is 17.0. The summed E-state index contributed by atoms with van der Waals surface area (Å²) in [5, 5.41) is 2.72. The van der Waals surface area contributed by atoms with Gasteiger partial charge in [-0.2, -0.15) is 4.98 Å². The molecule has 0 bridgehead atoms. The number of hydrogen-bond donors (Lipinski definition) is 2. The number of nitrogens with one attached hydrogen (secondary N) is 1. The highest BCUT2D eigenvalue weighted by Crippen LogP contribution is 2.38. The van der Waals surface area contributed by atoms with Crippen LogP contribution in [0.3, 0.4) is 0 Å². The molecule has 11 heteroatoms. The Balaban J connectivity index is 1.75. The van der Waals surface area contributed by atoms with Gasteiger partial charge in [-0.1, -0.05) is 0 Å². The maximum absolute atomic E-state index is 14.7. The summed E-state index contributed by atoms with van der Waals surface area (Å²) in [6, 6.07) is 2.38. The fraction of sp³-hybridized carbons (Fsp3) is 0.400. The molecule has 1 aliphatic rings. The summed E-state index contributed by atoms with van der Waals surface area (Å²) in [7, 11) is 1.55. The normalized spacial score (nSPS) is 16.5. The fourth-order valence-electron chi connectivity index (χ4n) is 3.97. The van der Waals surface area contributed by atoms with Crippen molar-refractivity contribution in [2.24, 2.45) is 12.8 Å². The number of alkyl halides is 2. The van der Waals surface area contributed by atoms with E-state index in [0.717, 1.165) is 0 Å². The number of halogens is 3. The van der Waals surface area contributed by atoms with Crippen LogP contribution in [-0.4, -0.2) is 30.9 Å². The van der Waals surface area contributed by atoms with Gasteiger partial charge in [-0.3, -0.25) is 13.9 Å². The molecule has 2 aromatic heterocycles. The van der Waals surface area contributed by atoms with Gasteiger partial charge in [-0.25, -0.2) is 22.9 Å². The largest absolute Gasteiger partial charge is 0.366 e. The fourth-order valence-corrected chi connectivity index (χ4v) is 3.97. The molecule has 0 spiro atoms. The second-order valence-electron chi connectivity index (χ2n) is 7.86. The van der Waals surface area contributed by atoms with Crippen molar-refractivity contribution in [2.45, 2.75) is 44.6 Å². The maximum atomic E-state index is 14.7. The Morgan fingerprint density at radius 3 is 2.61 bits per heavy atom. The molecule has 1 aliphatic carbocycles. The van der Waals surface area contributed by atoms with Crippen molar-refractivity contribution >= 4 is 28.7 Å². The molecule has 0 aliphatic heterocycles. The van der Waals surface area contributed by atoms with E-state index in [-0.39, 0.29) is 54.2 Å². The van der Waals surface area contributed by atoms with Crippen molar-refractivity contribution < 1.29 is 18.0 Å². The Morgan fingerprint density at radius 1 is 1.29 bits per heavy atom. The van der Waals surface area contributed by atoms with E-state index in [4.69, 9.17) is 5.73 Å². The number of primary amides is 1. The SMILES string of the molecule is Cc1cc(Nc2ncc3c(n2)n(C2CCC(F)(F)CC2)c(=O)n3C)c(F)c(C(N)=O)c1. The molecule has 0 saturated heterocycles. The number of carbonyl (C=O) groups excluding carboxylic acids is 1. The number of aryl methyl sites for hydroxylation is 2. The summed E-state index contributed by atoms with van der Waals surface area (Å²) >= 11 is 0. The van der Waals surface area contributed by atoms with Crippen LogP contribution in [0.1, 0.15) is 47.6 Å². The second kappa shape index (κ2) is 7.40. The molecule has 8 nitrogen and oxygen atoms in total. The molecule has 1 saturated carbocycles. The van der Waals surface area contributed by atoms with Gasteiger partial charge in [-0.05, 0) is 37.5 Å². The first-order chi connectivity index (χ1) is 14.6. The van der Waals surface area contributed by atoms with Gasteiger partial charge in [0.15, 0.2) is 11.5 Å². The van der Waals surface area contributed by atoms with Crippen LogP contribution < -0.4 is 16.7 Å². The smallest absolute Gasteiger partial charge is 0.330 e. The van der Waals surface area contributed by atoms with Crippen molar-refractivity contribution in [1.29, 1.82) is 0 Å². The van der Waals surface area contributed by atoms with Crippen molar-refractivity contribution in [1.82, 2.24) is 19.1 Å². The first-order valence-electron chi connectivity index (χ1n) is 9.76. The number of anilines is 2. The third-order valence-corrected chi connectivity index (χ3v) is 5.61. The van der Waals surface area contributed by atoms with Crippen LogP contribution in [0.15, 0.2) is 23.1 Å². The molecule has 3 aromatic rings. The zero-order valence-corrected chi connectivity index (χ0v) is 17.0. The lowest BCUT2D eigenvalue weighted by Crippen LogP contribution is -2.32. The van der Waals surface area contributed by atoms with E-state index < -0.39 is 23.7 Å². The van der Waals surface area contributed by atoms with Gasteiger partial charge in [0.1, 0.15) is 5.52 Å². The maximum Gasteiger partial charge on any atom is 0.330 e. The lowest BCUT2D eigenvalue weighted by molar-refractivity contribution is -0.0439. The Kier molecular flexibility index (Phi) is 4.98. The van der Waals surface area contributed by atoms with Gasteiger partial charge >= 0.3 is 5.69 Å². The number of nitrogens with two attached hydrogens (primary N) is 1. The van der Waals surface area contributed by atoms with E-state index in [1.54, 1.807) is 14.0 Å². The summed E-state index contributed by atoms with van der Waals surface area (Å²) in [6.07, 6.45) is 1.09. The van der Waals surface area contributed by atoms with E-state index in [1.165, 1.54) is 27.5 Å². The van der Waals surface area contributed by atoms with Gasteiger partial charge in [0.25, 0.3) is 5.91 Å². The summed E-state index contributed by atoms with van der Waals surface area (Å²) in [5.41, 5.74) is 5.82. The molecule has 2 heterocycles. The lowest BCUT2D eigenvalue weighted by atomic mass is 9.92. The Hall–Kier alpha value is -3.37. The number of aromatic nitrogens is 4. The van der Waals surface area contributed by atoms with Crippen LogP contribution in [0.4, 0.5) is 24.8 Å². The standard InChI is InChI=1S/C20H21F3N6O2/c1-10-7-12(16(24)30)15(21)13(8-10)26-18-25-9-14-17(27-18)29(19(31)28(14)2)11-3-5-20(22,23)6-4-11/h7-9,11H,3-6H2,1-2H3,(H2,24,30)(H,25,26,27). The number of imidazole rings is 1. The Bertz CT molecular complexity index is 1240. The van der Waals surface area contributed by atoms with Crippen molar-refractivity contribution in [3.63, 3.8) is 0 Å². The zero-order chi connectivity index (χ0) is 22.5. The summed E-state index contributed by atoms with van der Waals surface area (Å²) in [6.45, 7) is 1.68. The number of benzene rings is 1. The van der Waals surface area contributed by atoms with Crippen LogP contribution >= 0.6 is 0 Å². The van der Waals surface area contributed by atoms with Gasteiger partial charge < -0.3 is 11.1 Å². The number of fused-ring (bicyclic) bond motifs is 1. The molecule has 0 unspecified atom stereocenters. The van der Waals surface area contributed by atoms with Crippen molar-refractivity contribution in [3.05, 3.63) is 45.8 Å². The monoisotopic (exact) mass is 434 g/mol. The molecule has 31 heavy (non-hydrogen) atoms. The van der Waals surface area contributed by atoms with Gasteiger partial charge in [-0.15, -0.1) is 0 Å². The van der Waals surface area contributed by atoms with Crippen LogP contribution in [0.25, 0.3) is 11.2 Å². The van der Waals surface area contributed by atoms with E-state index >= 15 is 0 Å². The first-order valence-corrected chi connectivity index (χ1v) is 9.76. The minimum Gasteiger partial charge on any atom is -0.366 e. The highest BCUT2D eigenvalue weighted by atomic mass is 19.3. The van der Waals surface area contributed by atoms with Crippen molar-refractivity contribution in [3.8, 4) is 0 Å². The predicted molar refractivity (Wildman–Crippen MR) is 108 cm³/mol. The van der Waals surface area contributed by atoms with Gasteiger partial charge in [0.2, 0.25) is 11.9 Å². The molecule has 1 amide bonds. The molecular formula is C20H21F3N6O2. The molecule has 1 fully saturated rings. The molecule has 4 rings (SSSR count). The summed E-state index contributed by atoms with van der Waals surface area (Å²) in [4.78, 5) is 32.8. The quantitative estimate of drug-likeness (QED) is 0.656. The molecule has 0 atom stereocenters. The minimum atomic E-state index is -2.73. The van der Waals surface area contributed by atoms with Gasteiger partial charge in [0.05, 0.1) is 17.4 Å². The average Bonchev–Trinajstić information content (AvgIpc) is 2.95. The molecule has 0 radical (unpaired) electrons. The number of rotatable bonds is 4. The number of nitrogens with zero attached hydrogens (tertiary/aromatic N) is 4. The number of hydrogen-bond acceptors (Lipinski definition) is 5. The molecular weight excluding hydrogens is 413 g/mol. The minimum absolute atomic E-state index is 0.00657. The Morgan fingerprint density at radius 2 is 1.97 bits per heavy atom. The molecule has 3 N–H and O–H groups in total. The summed E-state index contributed by atoms with van der Waals surface area (Å²) in [5.74, 6) is -4.49. The van der Waals surface area contributed by atoms with Gasteiger partial charge in [0, 0.05) is 25.9 Å². The number of carbonyl (C=O) groups is 1. The van der Waals surface area contributed by atoms with E-state index in [2.05, 4.69) is 15.3 Å². The average molecular weight is 434 g/mol. The molecule has 1 aromatic carbocycles. The summed E-state index contributed by atoms with van der Waals surface area (Å²) < 4.78 is 44.6. The number of amides is 1. The van der Waals surface area contributed by atoms with E-state index in [1.807, 2.05) is 0 Å². The highest BCUT2D eigenvalue weighted by molar-refractivity contribution is 5.94. The molecule has 164 valence electrons. The first kappa shape index (κ1) is 20.9. The Labute approximate surface area is 174 Å².